The van der Waals surface area contributed by atoms with Gasteiger partial charge in [-0.1, -0.05) is 301 Å². The maximum Gasteiger partial charge on any atom is 0 e. The van der Waals surface area contributed by atoms with Crippen LogP contribution in [-0.2, 0) is 70.4 Å². The van der Waals surface area contributed by atoms with Crippen molar-refractivity contribution >= 4 is 203 Å². The van der Waals surface area contributed by atoms with Gasteiger partial charge in [-0.2, -0.15) is 11.1 Å². The first kappa shape index (κ1) is 93.1. The van der Waals surface area contributed by atoms with E-state index in [1.807, 2.05) is 22.6 Å². The molecule has 0 aliphatic rings. The Morgan fingerprint density at radius 1 is 0.521 bits per heavy atom. The molecule has 0 saturated heterocycles. The number of hydrogen-bond donors (Lipinski definition) is 2. The van der Waals surface area contributed by atoms with Gasteiger partial charge in [-0.3, -0.25) is 0 Å². The number of alkyl carbamates (subject to hydrolysis) is 2. The molecule has 0 spiro atoms. The molecule has 2 N–H and O–H groups in total. The van der Waals surface area contributed by atoms with Crippen LogP contribution >= 0.6 is 140 Å². The Morgan fingerprint density at radius 3 is 1.00 bits per heavy atom. The molecule has 0 aliphatic heterocycles. The molecule has 10 nitrogen and oxygen atoms in total. The molecule has 0 heterocycles. The van der Waals surface area contributed by atoms with E-state index < -0.39 is 82.3 Å². The molecule has 520 valence electrons. The van der Waals surface area contributed by atoms with E-state index in [1.165, 1.54) is 70.3 Å². The molecule has 0 aromatic heterocycles. The van der Waals surface area contributed by atoms with Crippen LogP contribution in [0.5, 0.6) is 0 Å². The molecule has 0 saturated carbocycles. The summed E-state index contributed by atoms with van der Waals surface area (Å²) in [6.07, 6.45) is -1.31. The number of methoxy groups -OCH3 is 2. The van der Waals surface area contributed by atoms with Gasteiger partial charge < -0.3 is 29.6 Å². The van der Waals surface area contributed by atoms with E-state index in [2.05, 4.69) is 270 Å². The second-order valence-corrected chi connectivity index (χ2v) is 41.6. The van der Waals surface area contributed by atoms with Crippen molar-refractivity contribution < 1.29 is 82.3 Å². The number of esters is 2. The van der Waals surface area contributed by atoms with Crippen LogP contribution in [0, 0.1) is 11.6 Å². The fourth-order valence-corrected chi connectivity index (χ4v) is 13.0. The maximum absolute atomic E-state index is 13.4. The van der Waals surface area contributed by atoms with Gasteiger partial charge in [0.2, 0.25) is 0 Å². The van der Waals surface area contributed by atoms with E-state index in [1.54, 1.807) is 53.7 Å². The van der Waals surface area contributed by atoms with Crippen molar-refractivity contribution in [3.8, 4) is 0 Å². The monoisotopic (exact) mass is 1910 g/mol. The van der Waals surface area contributed by atoms with Crippen molar-refractivity contribution in [3.05, 3.63) is 250 Å². The first-order chi connectivity index (χ1) is 44.8. The summed E-state index contributed by atoms with van der Waals surface area (Å²) in [6.45, 7) is 16.6. The van der Waals surface area contributed by atoms with Crippen LogP contribution in [0.3, 0.4) is 0 Å². The molecule has 8 rings (SSSR count). The number of halogens is 11. The topological polar surface area (TPSA) is 129 Å². The summed E-state index contributed by atoms with van der Waals surface area (Å²) in [5.41, 5.74) is -0.777. The third kappa shape index (κ3) is 43.0. The van der Waals surface area contributed by atoms with Gasteiger partial charge >= 0.3 is 59.1 Å². The molecule has 96 heavy (non-hydrogen) atoms. The van der Waals surface area contributed by atoms with Crippen LogP contribution in [-0.4, -0.2) is 77.7 Å². The fraction of sp³-hybridized carbons (Fsp3) is 0.257. The summed E-state index contributed by atoms with van der Waals surface area (Å²) in [6, 6.07) is 71.7. The molecular weight excluding hydrogens is 1840 g/mol. The van der Waals surface area contributed by atoms with E-state index in [4.69, 9.17) is 62.8 Å². The number of benzene rings is 8. The van der Waals surface area contributed by atoms with Crippen LogP contribution in [0.2, 0.25) is 29.7 Å². The summed E-state index contributed by atoms with van der Waals surface area (Å²) in [5.74, 6) is -2.12. The Labute approximate surface area is 652 Å². The standard InChI is InChI=1S/2C18H15P.C15H19ClFNO4.C9H16INO4.C6H3BrClF.C3H9ClSi.CH2Br2.2ClH.Pd.Zn/c2*1-4-10-16(11-5-1)19(17-12-6-2-7-13-17)18-14-8-3-9-15-18;1-15(2,3)22-14(20)18-12(13(19)21-4)8-9-5-6-10(16)11(17)7-9;1-9(2,3)15-8(13)11-6(5-10)7(12)14-4;7-4-1-2-5(8)6(9)3-4;1-5(2,3)4;2-1-3;;;;/h2*1-15H;5-7,12H,8H2,1-4H3,(H,18,20);6H,5H2,1-4H3,(H,11,13);1-3H;1-3H3;1H2;2*1H;;/q;;;;;;;;;+2;/p-2/t;;12-;6-;;;;;;;/m..00......./s1. The third-order valence-corrected chi connectivity index (χ3v) is 17.8. The van der Waals surface area contributed by atoms with Crippen LogP contribution in [0.1, 0.15) is 47.1 Å². The average Bonchev–Trinajstić information content (AvgIpc) is 0.834. The minimum atomic E-state index is -1.14. The summed E-state index contributed by atoms with van der Waals surface area (Å²) in [4.78, 5) is 46.0. The van der Waals surface area contributed by atoms with Crippen molar-refractivity contribution in [2.45, 2.75) is 90.9 Å². The largest absolute Gasteiger partial charge is 0.0622 e. The Hall–Kier alpha value is -2.92. The summed E-state index contributed by atoms with van der Waals surface area (Å²) in [5, 5.41) is 13.4. The zero-order chi connectivity index (χ0) is 71.6. The first-order valence-corrected chi connectivity index (χ1v) is 45.2. The molecule has 0 bridgehead atoms. The zero-order valence-corrected chi connectivity index (χ0v) is 72.9. The number of hydrogen-bond acceptors (Lipinski definition) is 8. The van der Waals surface area contributed by atoms with Crippen molar-refractivity contribution in [1.82, 2.24) is 10.6 Å². The molecule has 8 aromatic rings. The number of ether oxygens (including phenoxy) is 4. The smallest absolute Gasteiger partial charge is 0 e. The SMILES string of the molecule is BrCBr.COC(=O)[C@H](CI)NC(=O)OC(C)(C)C.COC(=O)[C@H](Cc1ccc(Cl)c(F)c1)NC(=O)OC(C)(C)C.C[Si](C)(C)Cl.Fc1cc(Br)ccc1Cl.[Cl][Pd][Cl].[Zn].c1ccc(P(c2ccccc2)c2ccccc2)cc1.c1ccc(P(c2ccccc2)c2ccccc2)cc1. The van der Waals surface area contributed by atoms with Crippen LogP contribution < -0.4 is 42.5 Å². The van der Waals surface area contributed by atoms with Crippen LogP contribution in [0.25, 0.3) is 0 Å². The molecule has 0 aliphatic carbocycles. The Kier molecular flexibility index (Phi) is 50.5. The predicted molar refractivity (Wildman–Crippen MR) is 417 cm³/mol. The quantitative estimate of drug-likeness (QED) is 0.0171. The minimum absolute atomic E-state index is 0. The number of carbonyl (C=O) groups excluding carboxylic acids is 4. The van der Waals surface area contributed by atoms with Gasteiger partial charge in [0.25, 0.3) is 0 Å². The number of carbonyl (C=O) groups is 4. The minimum Gasteiger partial charge on any atom is -0.0622 e. The van der Waals surface area contributed by atoms with E-state index in [-0.39, 0.29) is 51.9 Å². The second-order valence-electron chi connectivity index (χ2n) is 22.0. The Morgan fingerprint density at radius 2 is 0.771 bits per heavy atom. The van der Waals surface area contributed by atoms with Gasteiger partial charge in [-0.25, -0.2) is 28.0 Å². The summed E-state index contributed by atoms with van der Waals surface area (Å²) >= 11 is 27.8. The number of rotatable bonds is 13. The van der Waals surface area contributed by atoms with Gasteiger partial charge in [0, 0.05) is 34.8 Å². The molecular formula is C70H79Br3Cl5F2IN2O8P2PdSiZn. The van der Waals surface area contributed by atoms with Gasteiger partial charge in [0.05, 0.1) is 28.5 Å². The van der Waals surface area contributed by atoms with Crippen molar-refractivity contribution in [2.75, 3.05) is 22.9 Å². The molecule has 0 unspecified atom stereocenters. The zero-order valence-electron chi connectivity index (χ0n) is 54.9. The predicted octanol–water partition coefficient (Wildman–Crippen LogP) is 19.9. The maximum atomic E-state index is 13.4. The number of alkyl halides is 3. The third-order valence-electron chi connectivity index (χ3n) is 10.9. The normalized spacial score (nSPS) is 11.0. The van der Waals surface area contributed by atoms with Gasteiger partial charge in [0.15, 0.2) is 0 Å². The van der Waals surface area contributed by atoms with Crippen LogP contribution in [0.15, 0.2) is 223 Å². The molecule has 2 atom stereocenters. The Bertz CT molecular complexity index is 3130. The van der Waals surface area contributed by atoms with E-state index in [0.717, 1.165) is 4.24 Å². The number of amides is 2. The average molecular weight is 1920 g/mol. The summed E-state index contributed by atoms with van der Waals surface area (Å²) < 4.78 is 47.1. The van der Waals surface area contributed by atoms with Gasteiger partial charge in [-0.05, 0) is 125 Å². The van der Waals surface area contributed by atoms with E-state index in [9.17, 15) is 28.0 Å². The summed E-state index contributed by atoms with van der Waals surface area (Å²) in [7, 11) is 10.1. The van der Waals surface area contributed by atoms with E-state index in [0.29, 0.717) is 14.5 Å². The number of nitrogens with one attached hydrogen (secondary N) is 2. The molecule has 26 heteroatoms. The fourth-order valence-electron chi connectivity index (χ4n) is 7.27. The molecule has 8 aromatic carbocycles. The molecule has 0 radical (unpaired) electrons. The molecule has 2 amide bonds. The van der Waals surface area contributed by atoms with Crippen molar-refractivity contribution in [2.24, 2.45) is 0 Å². The first-order valence-electron chi connectivity index (χ1n) is 28.6. The molecule has 0 fully saturated rings. The van der Waals surface area contributed by atoms with Crippen LogP contribution in [0.4, 0.5) is 18.4 Å². The Balaban J connectivity index is 0.00000115. The van der Waals surface area contributed by atoms with Crippen molar-refractivity contribution in [3.63, 3.8) is 0 Å². The van der Waals surface area contributed by atoms with Gasteiger partial charge in [-0.15, -0.1) is 0 Å². The van der Waals surface area contributed by atoms with E-state index >= 15 is 0 Å². The van der Waals surface area contributed by atoms with Crippen molar-refractivity contribution in [1.29, 1.82) is 0 Å². The second kappa shape index (κ2) is 52.1. The van der Waals surface area contributed by atoms with Gasteiger partial charge in [0.1, 0.15) is 42.3 Å².